The second kappa shape index (κ2) is 4.90. The molecule has 0 atom stereocenters. The molecule has 0 aliphatic carbocycles. The maximum Gasteiger partial charge on any atom is 0.346 e. The predicted molar refractivity (Wildman–Crippen MR) is 77.2 cm³/mol. The zero-order chi connectivity index (χ0) is 14.1. The Labute approximate surface area is 119 Å². The summed E-state index contributed by atoms with van der Waals surface area (Å²) in [5.74, 6) is -0.302. The lowest BCUT2D eigenvalue weighted by molar-refractivity contribution is 0.103. The van der Waals surface area contributed by atoms with E-state index in [0.717, 1.165) is 0 Å². The molecule has 4 nitrogen and oxygen atoms in total. The smallest absolute Gasteiger partial charge is 0.305 e. The fourth-order valence-corrected chi connectivity index (χ4v) is 2.20. The van der Waals surface area contributed by atoms with Gasteiger partial charge in [-0.05, 0) is 18.2 Å². The first-order valence-electron chi connectivity index (χ1n) is 5.94. The monoisotopic (exact) mass is 284 g/mol. The van der Waals surface area contributed by atoms with Crippen LogP contribution < -0.4 is 5.69 Å². The number of carbonyl (C=O) groups excluding carboxylic acids is 1. The van der Waals surface area contributed by atoms with E-state index in [1.807, 2.05) is 6.07 Å². The number of halogens is 1. The van der Waals surface area contributed by atoms with Gasteiger partial charge < -0.3 is 4.98 Å². The highest BCUT2D eigenvalue weighted by Gasteiger charge is 2.15. The molecule has 0 spiro atoms. The molecule has 1 aromatic heterocycles. The number of carbonyl (C=O) groups is 1. The van der Waals surface area contributed by atoms with Crippen LogP contribution >= 0.6 is 11.6 Å². The van der Waals surface area contributed by atoms with Crippen molar-refractivity contribution in [2.45, 2.75) is 0 Å². The molecule has 2 aromatic carbocycles. The van der Waals surface area contributed by atoms with E-state index in [4.69, 9.17) is 11.6 Å². The zero-order valence-electron chi connectivity index (χ0n) is 10.3. The summed E-state index contributed by atoms with van der Waals surface area (Å²) in [6.07, 6.45) is 0. The van der Waals surface area contributed by atoms with Gasteiger partial charge in [-0.1, -0.05) is 41.9 Å². The molecule has 0 aliphatic heterocycles. The number of hydrogen-bond donors (Lipinski definition) is 1. The number of fused-ring (bicyclic) bond motifs is 1. The Morgan fingerprint density at radius 3 is 2.60 bits per heavy atom. The van der Waals surface area contributed by atoms with Crippen LogP contribution in [0, 0.1) is 0 Å². The lowest BCUT2D eigenvalue weighted by Crippen LogP contribution is -2.17. The minimum Gasteiger partial charge on any atom is -0.305 e. The zero-order valence-corrected chi connectivity index (χ0v) is 11.0. The second-order valence-corrected chi connectivity index (χ2v) is 4.71. The highest BCUT2D eigenvalue weighted by molar-refractivity contribution is 6.31. The summed E-state index contributed by atoms with van der Waals surface area (Å²) in [7, 11) is 0. The Hall–Kier alpha value is -2.46. The van der Waals surface area contributed by atoms with Crippen LogP contribution in [-0.2, 0) is 0 Å². The van der Waals surface area contributed by atoms with Crippen molar-refractivity contribution >= 4 is 28.3 Å². The van der Waals surface area contributed by atoms with Crippen molar-refractivity contribution in [3.8, 4) is 0 Å². The SMILES string of the molecule is O=C(c1ccccc1)c1nc(=O)[nH]c2ccc(Cl)cc12. The Bertz CT molecular complexity index is 857. The third kappa shape index (κ3) is 2.21. The summed E-state index contributed by atoms with van der Waals surface area (Å²) in [6, 6.07) is 13.6. The van der Waals surface area contributed by atoms with Crippen LogP contribution in [0.4, 0.5) is 0 Å². The van der Waals surface area contributed by atoms with Gasteiger partial charge in [-0.2, -0.15) is 4.98 Å². The number of rotatable bonds is 2. The molecule has 0 saturated heterocycles. The van der Waals surface area contributed by atoms with Crippen LogP contribution in [0.5, 0.6) is 0 Å². The van der Waals surface area contributed by atoms with Crippen LogP contribution in [0.15, 0.2) is 53.3 Å². The third-order valence-corrected chi connectivity index (χ3v) is 3.18. The first-order chi connectivity index (χ1) is 9.65. The van der Waals surface area contributed by atoms with E-state index in [0.29, 0.717) is 21.5 Å². The molecule has 0 radical (unpaired) electrons. The molecule has 0 aliphatic rings. The topological polar surface area (TPSA) is 62.8 Å². The van der Waals surface area contributed by atoms with E-state index in [9.17, 15) is 9.59 Å². The number of hydrogen-bond acceptors (Lipinski definition) is 3. The molecule has 1 heterocycles. The van der Waals surface area contributed by atoms with E-state index in [1.54, 1.807) is 42.5 Å². The standard InChI is InChI=1S/C15H9ClN2O2/c16-10-6-7-12-11(8-10)13(18-15(20)17-12)14(19)9-4-2-1-3-5-9/h1-8H,(H,17,18,20). The quantitative estimate of drug-likeness (QED) is 0.736. The molecular formula is C15H9ClN2O2. The van der Waals surface area contributed by atoms with Crippen molar-refractivity contribution in [1.82, 2.24) is 9.97 Å². The van der Waals surface area contributed by atoms with Crippen LogP contribution in [-0.4, -0.2) is 15.8 Å². The molecule has 0 fully saturated rings. The first-order valence-corrected chi connectivity index (χ1v) is 6.32. The normalized spacial score (nSPS) is 10.7. The highest BCUT2D eigenvalue weighted by Crippen LogP contribution is 2.20. The van der Waals surface area contributed by atoms with E-state index in [1.165, 1.54) is 0 Å². The van der Waals surface area contributed by atoms with Gasteiger partial charge in [0.25, 0.3) is 0 Å². The molecule has 0 unspecified atom stereocenters. The summed E-state index contributed by atoms with van der Waals surface area (Å²) in [6.45, 7) is 0. The second-order valence-electron chi connectivity index (χ2n) is 4.28. The summed E-state index contributed by atoms with van der Waals surface area (Å²) >= 11 is 5.95. The molecule has 3 aromatic rings. The van der Waals surface area contributed by atoms with Crippen molar-refractivity contribution in [1.29, 1.82) is 0 Å². The van der Waals surface area contributed by atoms with E-state index in [-0.39, 0.29) is 11.5 Å². The van der Waals surface area contributed by atoms with Gasteiger partial charge in [0.1, 0.15) is 5.69 Å². The Morgan fingerprint density at radius 1 is 1.10 bits per heavy atom. The van der Waals surface area contributed by atoms with Crippen molar-refractivity contribution in [3.63, 3.8) is 0 Å². The van der Waals surface area contributed by atoms with Crippen molar-refractivity contribution < 1.29 is 4.79 Å². The van der Waals surface area contributed by atoms with Gasteiger partial charge in [-0.15, -0.1) is 0 Å². The maximum atomic E-state index is 12.5. The van der Waals surface area contributed by atoms with E-state index in [2.05, 4.69) is 9.97 Å². The molecule has 3 rings (SSSR count). The van der Waals surface area contributed by atoms with E-state index >= 15 is 0 Å². The van der Waals surface area contributed by atoms with Gasteiger partial charge in [0.2, 0.25) is 5.78 Å². The molecule has 5 heteroatoms. The maximum absolute atomic E-state index is 12.5. The van der Waals surface area contributed by atoms with Crippen LogP contribution in [0.1, 0.15) is 16.1 Å². The van der Waals surface area contributed by atoms with Gasteiger partial charge in [0, 0.05) is 16.0 Å². The molecule has 0 bridgehead atoms. The van der Waals surface area contributed by atoms with Crippen molar-refractivity contribution in [3.05, 3.63) is 75.3 Å². The van der Waals surface area contributed by atoms with Gasteiger partial charge >= 0.3 is 5.69 Å². The Morgan fingerprint density at radius 2 is 1.85 bits per heavy atom. The summed E-state index contributed by atoms with van der Waals surface area (Å²) in [4.78, 5) is 30.4. The van der Waals surface area contributed by atoms with Gasteiger partial charge in [-0.3, -0.25) is 4.79 Å². The number of nitrogens with one attached hydrogen (secondary N) is 1. The Kier molecular flexibility index (Phi) is 3.08. The van der Waals surface area contributed by atoms with Gasteiger partial charge in [0.15, 0.2) is 0 Å². The minimum absolute atomic E-state index is 0.109. The van der Waals surface area contributed by atoms with Gasteiger partial charge in [0.05, 0.1) is 5.52 Å². The molecule has 20 heavy (non-hydrogen) atoms. The summed E-state index contributed by atoms with van der Waals surface area (Å²) < 4.78 is 0. The number of benzene rings is 2. The average Bonchev–Trinajstić information content (AvgIpc) is 2.47. The highest BCUT2D eigenvalue weighted by atomic mass is 35.5. The lowest BCUT2D eigenvalue weighted by atomic mass is 10.0. The summed E-state index contributed by atoms with van der Waals surface area (Å²) in [5.41, 5.74) is 0.567. The van der Waals surface area contributed by atoms with Crippen molar-refractivity contribution in [2.75, 3.05) is 0 Å². The van der Waals surface area contributed by atoms with Crippen LogP contribution in [0.3, 0.4) is 0 Å². The summed E-state index contributed by atoms with van der Waals surface area (Å²) in [5, 5.41) is 1.01. The van der Waals surface area contributed by atoms with Crippen LogP contribution in [0.25, 0.3) is 10.9 Å². The minimum atomic E-state index is -0.556. The largest absolute Gasteiger partial charge is 0.346 e. The number of nitrogens with zero attached hydrogens (tertiary/aromatic N) is 1. The fourth-order valence-electron chi connectivity index (χ4n) is 2.03. The number of ketones is 1. The molecule has 0 saturated carbocycles. The Balaban J connectivity index is 2.28. The molecule has 98 valence electrons. The van der Waals surface area contributed by atoms with Crippen LogP contribution in [0.2, 0.25) is 5.02 Å². The number of aromatic nitrogens is 2. The molecule has 1 N–H and O–H groups in total. The fraction of sp³-hybridized carbons (Fsp3) is 0. The van der Waals surface area contributed by atoms with E-state index < -0.39 is 5.69 Å². The van der Waals surface area contributed by atoms with Crippen molar-refractivity contribution in [2.24, 2.45) is 0 Å². The molecule has 0 amide bonds. The predicted octanol–water partition coefficient (Wildman–Crippen LogP) is 2.81. The average molecular weight is 285 g/mol. The third-order valence-electron chi connectivity index (χ3n) is 2.94. The van der Waals surface area contributed by atoms with Gasteiger partial charge in [-0.25, -0.2) is 4.79 Å². The lowest BCUT2D eigenvalue weighted by Gasteiger charge is -2.05. The number of H-pyrrole nitrogens is 1. The number of aromatic amines is 1. The molecular weight excluding hydrogens is 276 g/mol. The first kappa shape index (κ1) is 12.6.